The van der Waals surface area contributed by atoms with Crippen molar-refractivity contribution >= 4 is 59.5 Å². The summed E-state index contributed by atoms with van der Waals surface area (Å²) in [5.41, 5.74) is 0. The Morgan fingerprint density at radius 2 is 1.46 bits per heavy atom. The van der Waals surface area contributed by atoms with Crippen molar-refractivity contribution in [1.29, 1.82) is 0 Å². The maximum absolute atomic E-state index is 15.0. The number of rotatable bonds is 18. The second kappa shape index (κ2) is 27.8. The number of likely N-dealkylation sites (N-methyl/N-ethyl adjacent to an activating group) is 4. The summed E-state index contributed by atoms with van der Waals surface area (Å²) in [5.74, 6) is -5.21. The van der Waals surface area contributed by atoms with E-state index in [-0.39, 0.29) is 80.9 Å². The van der Waals surface area contributed by atoms with Crippen molar-refractivity contribution in [2.24, 2.45) is 23.7 Å². The molecule has 21 nitrogen and oxygen atoms in total. The van der Waals surface area contributed by atoms with Crippen molar-refractivity contribution in [2.75, 3.05) is 73.6 Å². The number of amides is 9. The van der Waals surface area contributed by atoms with E-state index in [1.54, 1.807) is 20.9 Å². The molecule has 72 heavy (non-hydrogen) atoms. The standard InChI is InChI=1S/C51H86N10O11/c1-12-58(50(70)40-15-13-19-60(40)46(66)34(8)52-9)28-43(63)54-38(24-32(4)5)48(68)57(11)42-26-36(30-62)56(10)47(67)37(23-31(2)3)53-44(64)29-59(27-35-17-21-72-22-18-35)51(71)41-16-14-20-61(41)49(69)39(25-33(6)7)55-45(42)65/h30-42,52H,12-29H2,1-11H3,(H,53,64)(H,54,63)(H,55,65)/t34-,36-,37-,38-,39-,40+,41+,42?/m0/s1. The molecule has 4 heterocycles. The van der Waals surface area contributed by atoms with Gasteiger partial charge in [-0.25, -0.2) is 0 Å². The van der Waals surface area contributed by atoms with Crippen LogP contribution in [0.25, 0.3) is 0 Å². The Morgan fingerprint density at radius 1 is 0.833 bits per heavy atom. The van der Waals surface area contributed by atoms with Crippen LogP contribution < -0.4 is 21.3 Å². The first-order valence-corrected chi connectivity index (χ1v) is 26.3. The molecule has 0 spiro atoms. The molecular formula is C51H86N10O11. The number of carbonyl (C=O) groups excluding carboxylic acids is 10. The van der Waals surface area contributed by atoms with E-state index in [9.17, 15) is 47.9 Å². The van der Waals surface area contributed by atoms with Crippen LogP contribution >= 0.6 is 0 Å². The van der Waals surface area contributed by atoms with Crippen LogP contribution in [0.1, 0.15) is 120 Å². The van der Waals surface area contributed by atoms with Gasteiger partial charge in [-0.2, -0.15) is 0 Å². The first kappa shape index (κ1) is 59.4. The fourth-order valence-corrected chi connectivity index (χ4v) is 10.3. The van der Waals surface area contributed by atoms with Crippen molar-refractivity contribution < 1.29 is 52.7 Å². The minimum absolute atomic E-state index is 0.0366. The molecule has 9 amide bonds. The minimum atomic E-state index is -1.49. The summed E-state index contributed by atoms with van der Waals surface area (Å²) < 4.78 is 5.57. The van der Waals surface area contributed by atoms with Gasteiger partial charge >= 0.3 is 0 Å². The molecule has 406 valence electrons. The number of fused-ring (bicyclic) bond motifs is 1. The van der Waals surface area contributed by atoms with Gasteiger partial charge in [-0.05, 0) is 102 Å². The van der Waals surface area contributed by atoms with E-state index in [0.717, 1.165) is 9.80 Å². The Bertz CT molecular complexity index is 1930. The molecule has 0 aromatic heterocycles. The summed E-state index contributed by atoms with van der Waals surface area (Å²) in [4.78, 5) is 150. The summed E-state index contributed by atoms with van der Waals surface area (Å²) in [7, 11) is 4.41. The van der Waals surface area contributed by atoms with Gasteiger partial charge in [0, 0.05) is 59.9 Å². The van der Waals surface area contributed by atoms with Gasteiger partial charge in [0.1, 0.15) is 42.5 Å². The van der Waals surface area contributed by atoms with E-state index >= 15 is 0 Å². The van der Waals surface area contributed by atoms with Crippen LogP contribution in [0.3, 0.4) is 0 Å². The van der Waals surface area contributed by atoms with Crippen LogP contribution in [0.15, 0.2) is 0 Å². The molecule has 0 saturated carbocycles. The van der Waals surface area contributed by atoms with Crippen LogP contribution in [0.5, 0.6) is 0 Å². The monoisotopic (exact) mass is 1010 g/mol. The normalized spacial score (nSPS) is 25.3. The number of ether oxygens (including phenoxy) is 1. The maximum Gasteiger partial charge on any atom is 0.245 e. The van der Waals surface area contributed by atoms with Crippen molar-refractivity contribution in [3.63, 3.8) is 0 Å². The molecule has 0 aromatic rings. The average Bonchev–Trinajstić information content (AvgIpc) is 4.04. The average molecular weight is 1020 g/mol. The van der Waals surface area contributed by atoms with Gasteiger partial charge in [-0.3, -0.25) is 43.2 Å². The molecule has 4 saturated heterocycles. The smallest absolute Gasteiger partial charge is 0.245 e. The lowest BCUT2D eigenvalue weighted by Gasteiger charge is -2.36. The Labute approximate surface area is 426 Å². The highest BCUT2D eigenvalue weighted by atomic mass is 16.5. The van der Waals surface area contributed by atoms with Crippen LogP contribution in [0.4, 0.5) is 0 Å². The third kappa shape index (κ3) is 15.9. The van der Waals surface area contributed by atoms with Gasteiger partial charge in [0.05, 0.1) is 25.2 Å². The minimum Gasteiger partial charge on any atom is -0.381 e. The zero-order valence-corrected chi connectivity index (χ0v) is 44.9. The van der Waals surface area contributed by atoms with E-state index in [2.05, 4.69) is 21.3 Å². The summed E-state index contributed by atoms with van der Waals surface area (Å²) in [6, 6.07) is -8.50. The van der Waals surface area contributed by atoms with E-state index in [1.165, 1.54) is 33.7 Å². The van der Waals surface area contributed by atoms with Gasteiger partial charge in [0.15, 0.2) is 0 Å². The first-order valence-electron chi connectivity index (χ1n) is 26.3. The molecule has 0 aliphatic carbocycles. The Kier molecular flexibility index (Phi) is 22.9. The maximum atomic E-state index is 15.0. The molecule has 4 aliphatic heterocycles. The Morgan fingerprint density at radius 3 is 2.04 bits per heavy atom. The third-order valence-corrected chi connectivity index (χ3v) is 14.5. The molecule has 0 bridgehead atoms. The molecule has 4 rings (SSSR count). The molecule has 0 aromatic carbocycles. The van der Waals surface area contributed by atoms with Crippen molar-refractivity contribution in [1.82, 2.24) is 50.7 Å². The lowest BCUT2D eigenvalue weighted by molar-refractivity contribution is -0.148. The molecule has 8 atom stereocenters. The van der Waals surface area contributed by atoms with Crippen molar-refractivity contribution in [3.05, 3.63) is 0 Å². The van der Waals surface area contributed by atoms with Crippen LogP contribution in [0, 0.1) is 23.7 Å². The summed E-state index contributed by atoms with van der Waals surface area (Å²) in [5, 5.41) is 11.5. The lowest BCUT2D eigenvalue weighted by atomic mass is 9.97. The molecule has 21 heteroatoms. The lowest BCUT2D eigenvalue weighted by Crippen LogP contribution is -2.60. The zero-order chi connectivity index (χ0) is 53.6. The third-order valence-electron chi connectivity index (χ3n) is 14.5. The van der Waals surface area contributed by atoms with E-state index < -0.39 is 103 Å². The SMILES string of the molecule is CCN(CC(=O)N[C@@H](CC(C)C)C(=O)N(C)C1C[C@@H](C=O)N(C)C(=O)[C@H](CC(C)C)NC(=O)CN(CC2CCOCC2)C(=O)[C@H]2CCCN2C(=O)[C@H](CC(C)C)NC1=O)C(=O)[C@H]1CCCN1C(=O)[C@H](C)NC. The number of nitrogens with one attached hydrogen (secondary N) is 4. The molecule has 0 radical (unpaired) electrons. The van der Waals surface area contributed by atoms with Gasteiger partial charge in [0.25, 0.3) is 0 Å². The van der Waals surface area contributed by atoms with Crippen LogP contribution in [0.2, 0.25) is 0 Å². The molecule has 4 aliphatic rings. The number of hydrogen-bond donors (Lipinski definition) is 4. The van der Waals surface area contributed by atoms with Crippen molar-refractivity contribution in [3.8, 4) is 0 Å². The van der Waals surface area contributed by atoms with Crippen LogP contribution in [-0.4, -0.2) is 211 Å². The summed E-state index contributed by atoms with van der Waals surface area (Å²) in [6.45, 7) is 15.9. The molecular weight excluding hydrogens is 929 g/mol. The highest BCUT2D eigenvalue weighted by Crippen LogP contribution is 2.26. The second-order valence-corrected chi connectivity index (χ2v) is 21.6. The molecule has 4 N–H and O–H groups in total. The fourth-order valence-electron chi connectivity index (χ4n) is 10.3. The number of carbonyl (C=O) groups is 10. The summed E-state index contributed by atoms with van der Waals surface area (Å²) in [6.07, 6.45) is 3.79. The highest BCUT2D eigenvalue weighted by molar-refractivity contribution is 5.98. The molecule has 4 fully saturated rings. The number of aldehydes is 1. The van der Waals surface area contributed by atoms with Gasteiger partial charge in [-0.1, -0.05) is 41.5 Å². The zero-order valence-electron chi connectivity index (χ0n) is 44.9. The van der Waals surface area contributed by atoms with Gasteiger partial charge in [-0.15, -0.1) is 0 Å². The summed E-state index contributed by atoms with van der Waals surface area (Å²) >= 11 is 0. The number of likely N-dealkylation sites (tertiary alicyclic amines) is 1. The van der Waals surface area contributed by atoms with Gasteiger partial charge < -0.3 is 60.2 Å². The largest absolute Gasteiger partial charge is 0.381 e. The number of nitrogens with zero attached hydrogens (tertiary/aromatic N) is 6. The van der Waals surface area contributed by atoms with Crippen LogP contribution in [-0.2, 0) is 52.7 Å². The predicted octanol–water partition coefficient (Wildman–Crippen LogP) is 0.529. The quantitative estimate of drug-likeness (QED) is 0.138. The Balaban J connectivity index is 1.72. The van der Waals surface area contributed by atoms with E-state index in [1.807, 2.05) is 41.5 Å². The topological polar surface area (TPSA) is 247 Å². The second-order valence-electron chi connectivity index (χ2n) is 21.6. The Hall–Kier alpha value is -5.18. The fraction of sp³-hybridized carbons (Fsp3) is 0.804. The van der Waals surface area contributed by atoms with Crippen molar-refractivity contribution in [2.45, 2.75) is 168 Å². The first-order chi connectivity index (χ1) is 34.0. The van der Waals surface area contributed by atoms with E-state index in [4.69, 9.17) is 4.74 Å². The predicted molar refractivity (Wildman–Crippen MR) is 268 cm³/mol. The highest BCUT2D eigenvalue weighted by Gasteiger charge is 2.44. The van der Waals surface area contributed by atoms with E-state index in [0.29, 0.717) is 64.6 Å². The molecule has 1 unspecified atom stereocenters. The van der Waals surface area contributed by atoms with Gasteiger partial charge in [0.2, 0.25) is 53.2 Å². The number of hydrogen-bond acceptors (Lipinski definition) is 12.